The fourth-order valence-electron chi connectivity index (χ4n) is 3.53. The van der Waals surface area contributed by atoms with Gasteiger partial charge in [0.2, 0.25) is 0 Å². The highest BCUT2D eigenvalue weighted by Gasteiger charge is 2.35. The topological polar surface area (TPSA) is 63.6 Å². The predicted molar refractivity (Wildman–Crippen MR) is 90.4 cm³/mol. The van der Waals surface area contributed by atoms with Crippen molar-refractivity contribution in [3.8, 4) is 0 Å². The quantitative estimate of drug-likeness (QED) is 0.648. The molecule has 0 aliphatic carbocycles. The van der Waals surface area contributed by atoms with Gasteiger partial charge in [0.1, 0.15) is 6.54 Å². The number of nitrogens with one attached hydrogen (secondary N) is 1. The molecule has 1 N–H and O–H groups in total. The standard InChI is InChI=1S/C16H21N3O3S/c1-2-22-15(21)7-17-16(23)18-8-11-6-12(10-18)13-4-3-5-14(20)19(13)9-11/h3-5,11-12H,2,6-10H2,1H3,(H,17,23)/t11-,12?/m0/s1. The summed E-state index contributed by atoms with van der Waals surface area (Å²) in [6.45, 7) is 4.56. The molecule has 2 aliphatic rings. The molecule has 3 rings (SSSR count). The van der Waals surface area contributed by atoms with Gasteiger partial charge >= 0.3 is 5.97 Å². The number of aromatic nitrogens is 1. The maximum Gasteiger partial charge on any atom is 0.325 e. The van der Waals surface area contributed by atoms with Crippen molar-refractivity contribution >= 4 is 23.3 Å². The van der Waals surface area contributed by atoms with E-state index in [4.69, 9.17) is 17.0 Å². The highest BCUT2D eigenvalue weighted by molar-refractivity contribution is 7.80. The molecule has 2 atom stereocenters. The zero-order valence-electron chi connectivity index (χ0n) is 13.2. The van der Waals surface area contributed by atoms with Crippen LogP contribution in [0.2, 0.25) is 0 Å². The van der Waals surface area contributed by atoms with E-state index >= 15 is 0 Å². The van der Waals surface area contributed by atoms with Crippen LogP contribution < -0.4 is 10.9 Å². The summed E-state index contributed by atoms with van der Waals surface area (Å²) in [5, 5.41) is 3.56. The Morgan fingerprint density at radius 2 is 2.22 bits per heavy atom. The first-order valence-corrected chi connectivity index (χ1v) is 8.37. The van der Waals surface area contributed by atoms with E-state index in [-0.39, 0.29) is 18.1 Å². The number of nitrogens with zero attached hydrogens (tertiary/aromatic N) is 2. The number of likely N-dealkylation sites (tertiary alicyclic amines) is 1. The van der Waals surface area contributed by atoms with Crippen LogP contribution in [0.3, 0.4) is 0 Å². The Morgan fingerprint density at radius 3 is 3.00 bits per heavy atom. The van der Waals surface area contributed by atoms with Gasteiger partial charge in [-0.1, -0.05) is 6.07 Å². The molecule has 6 nitrogen and oxygen atoms in total. The van der Waals surface area contributed by atoms with Crippen LogP contribution >= 0.6 is 12.2 Å². The molecule has 0 radical (unpaired) electrons. The van der Waals surface area contributed by atoms with Crippen molar-refractivity contribution in [2.45, 2.75) is 25.8 Å². The molecule has 0 spiro atoms. The van der Waals surface area contributed by atoms with Crippen LogP contribution in [0.1, 0.15) is 25.0 Å². The molecule has 2 bridgehead atoms. The van der Waals surface area contributed by atoms with Crippen molar-refractivity contribution in [1.29, 1.82) is 0 Å². The van der Waals surface area contributed by atoms with Gasteiger partial charge in [0.25, 0.3) is 5.56 Å². The first kappa shape index (κ1) is 16.0. The third-order valence-electron chi connectivity index (χ3n) is 4.46. The normalized spacial score (nSPS) is 22.2. The van der Waals surface area contributed by atoms with Crippen molar-refractivity contribution < 1.29 is 9.53 Å². The summed E-state index contributed by atoms with van der Waals surface area (Å²) in [6, 6.07) is 5.47. The van der Waals surface area contributed by atoms with E-state index < -0.39 is 0 Å². The molecule has 1 unspecified atom stereocenters. The van der Waals surface area contributed by atoms with Gasteiger partial charge in [-0.25, -0.2) is 0 Å². The Balaban J connectivity index is 1.66. The highest BCUT2D eigenvalue weighted by Crippen LogP contribution is 2.34. The lowest BCUT2D eigenvalue weighted by Crippen LogP contribution is -2.52. The number of pyridine rings is 1. The molecule has 1 aromatic rings. The summed E-state index contributed by atoms with van der Waals surface area (Å²) < 4.78 is 6.79. The number of hydrogen-bond donors (Lipinski definition) is 1. The maximum atomic E-state index is 12.0. The first-order valence-electron chi connectivity index (χ1n) is 7.96. The average Bonchev–Trinajstić information content (AvgIpc) is 2.54. The number of carbonyl (C=O) groups is 1. The molecule has 124 valence electrons. The van der Waals surface area contributed by atoms with Crippen molar-refractivity contribution in [2.75, 3.05) is 26.2 Å². The molecule has 2 aliphatic heterocycles. The minimum atomic E-state index is -0.302. The van der Waals surface area contributed by atoms with Gasteiger partial charge in [0, 0.05) is 37.3 Å². The molecule has 1 saturated heterocycles. The fourth-order valence-corrected chi connectivity index (χ4v) is 3.76. The number of esters is 1. The monoisotopic (exact) mass is 335 g/mol. The zero-order valence-corrected chi connectivity index (χ0v) is 14.0. The van der Waals surface area contributed by atoms with Crippen LogP contribution in [-0.2, 0) is 16.1 Å². The van der Waals surface area contributed by atoms with Gasteiger partial charge in [-0.3, -0.25) is 9.59 Å². The van der Waals surface area contributed by atoms with E-state index in [1.54, 1.807) is 13.0 Å². The second-order valence-corrected chi connectivity index (χ2v) is 6.45. The molecule has 0 amide bonds. The maximum absolute atomic E-state index is 12.0. The Bertz CT molecular complexity index is 673. The summed E-state index contributed by atoms with van der Waals surface area (Å²) in [6.07, 6.45) is 1.08. The summed E-state index contributed by atoms with van der Waals surface area (Å²) >= 11 is 5.42. The molecule has 1 aromatic heterocycles. The summed E-state index contributed by atoms with van der Waals surface area (Å²) in [7, 11) is 0. The van der Waals surface area contributed by atoms with Crippen LogP contribution in [0, 0.1) is 5.92 Å². The van der Waals surface area contributed by atoms with Gasteiger partial charge in [-0.2, -0.15) is 0 Å². The van der Waals surface area contributed by atoms with Gasteiger partial charge in [0.05, 0.1) is 6.61 Å². The molecule has 3 heterocycles. The molecule has 0 aromatic carbocycles. The number of rotatable bonds is 3. The number of hydrogen-bond acceptors (Lipinski definition) is 4. The van der Waals surface area contributed by atoms with Gasteiger partial charge < -0.3 is 19.5 Å². The first-order chi connectivity index (χ1) is 11.1. The van der Waals surface area contributed by atoms with E-state index in [9.17, 15) is 9.59 Å². The lowest BCUT2D eigenvalue weighted by Gasteiger charge is -2.43. The number of ether oxygens (including phenoxy) is 1. The number of fused-ring (bicyclic) bond motifs is 4. The number of carbonyl (C=O) groups excluding carboxylic acids is 1. The van der Waals surface area contributed by atoms with E-state index in [1.807, 2.05) is 16.7 Å². The second-order valence-electron chi connectivity index (χ2n) is 6.07. The van der Waals surface area contributed by atoms with Crippen molar-refractivity contribution in [2.24, 2.45) is 5.92 Å². The van der Waals surface area contributed by atoms with Crippen molar-refractivity contribution in [1.82, 2.24) is 14.8 Å². The molecular weight excluding hydrogens is 314 g/mol. The van der Waals surface area contributed by atoms with E-state index in [0.29, 0.717) is 23.6 Å². The Kier molecular flexibility index (Phi) is 4.66. The predicted octanol–water partition coefficient (Wildman–Crippen LogP) is 0.705. The fraction of sp³-hybridized carbons (Fsp3) is 0.562. The highest BCUT2D eigenvalue weighted by atomic mass is 32.1. The van der Waals surface area contributed by atoms with Crippen LogP contribution in [-0.4, -0.2) is 46.8 Å². The van der Waals surface area contributed by atoms with Gasteiger partial charge in [-0.05, 0) is 37.5 Å². The second kappa shape index (κ2) is 6.70. The SMILES string of the molecule is CCOC(=O)CNC(=S)N1CC2C[C@@H](C1)Cn1c2cccc1=O. The van der Waals surface area contributed by atoms with Crippen LogP contribution in [0.25, 0.3) is 0 Å². The average molecular weight is 335 g/mol. The van der Waals surface area contributed by atoms with Crippen LogP contribution in [0.5, 0.6) is 0 Å². The summed E-state index contributed by atoms with van der Waals surface area (Å²) in [5.41, 5.74) is 1.17. The van der Waals surface area contributed by atoms with E-state index in [2.05, 4.69) is 10.2 Å². The Hall–Kier alpha value is -1.89. The van der Waals surface area contributed by atoms with E-state index in [1.165, 1.54) is 0 Å². The van der Waals surface area contributed by atoms with Crippen LogP contribution in [0.15, 0.2) is 23.0 Å². The number of piperidine rings is 1. The molecule has 1 fully saturated rings. The summed E-state index contributed by atoms with van der Waals surface area (Å²) in [4.78, 5) is 25.5. The molecule has 23 heavy (non-hydrogen) atoms. The minimum Gasteiger partial charge on any atom is -0.465 e. The van der Waals surface area contributed by atoms with Crippen molar-refractivity contribution in [3.63, 3.8) is 0 Å². The lowest BCUT2D eigenvalue weighted by molar-refractivity contribution is -0.141. The third-order valence-corrected chi connectivity index (χ3v) is 4.86. The van der Waals surface area contributed by atoms with E-state index in [0.717, 1.165) is 31.7 Å². The summed E-state index contributed by atoms with van der Waals surface area (Å²) in [5.74, 6) is 0.409. The largest absolute Gasteiger partial charge is 0.465 e. The molecule has 0 saturated carbocycles. The smallest absolute Gasteiger partial charge is 0.325 e. The molecular formula is C16H21N3O3S. The molecule has 7 heteroatoms. The minimum absolute atomic E-state index is 0.0775. The van der Waals surface area contributed by atoms with Gasteiger partial charge in [0.15, 0.2) is 5.11 Å². The number of thiocarbonyl (C=S) groups is 1. The van der Waals surface area contributed by atoms with Crippen molar-refractivity contribution in [3.05, 3.63) is 34.2 Å². The zero-order chi connectivity index (χ0) is 16.4. The third kappa shape index (κ3) is 3.39. The lowest BCUT2D eigenvalue weighted by atomic mass is 9.83. The Labute approximate surface area is 140 Å². The van der Waals surface area contributed by atoms with Crippen LogP contribution in [0.4, 0.5) is 0 Å². The Morgan fingerprint density at radius 1 is 1.39 bits per heavy atom. The van der Waals surface area contributed by atoms with Gasteiger partial charge in [-0.15, -0.1) is 0 Å².